The third-order valence-electron chi connectivity index (χ3n) is 4.09. The van der Waals surface area contributed by atoms with E-state index in [0.29, 0.717) is 12.6 Å². The molecule has 1 aromatic carbocycles. The molecule has 0 aromatic heterocycles. The molecule has 0 unspecified atom stereocenters. The van der Waals surface area contributed by atoms with Gasteiger partial charge in [0.05, 0.1) is 6.54 Å². The Labute approximate surface area is 128 Å². The van der Waals surface area contributed by atoms with E-state index in [1.165, 1.54) is 5.69 Å². The molecule has 1 aliphatic rings. The van der Waals surface area contributed by atoms with Gasteiger partial charge in [-0.15, -0.1) is 0 Å². The van der Waals surface area contributed by atoms with E-state index in [1.54, 1.807) is 0 Å². The Morgan fingerprint density at radius 1 is 1.10 bits per heavy atom. The van der Waals surface area contributed by atoms with Crippen LogP contribution in [0.3, 0.4) is 0 Å². The van der Waals surface area contributed by atoms with E-state index in [1.807, 2.05) is 17.0 Å². The first-order valence-electron chi connectivity index (χ1n) is 8.07. The van der Waals surface area contributed by atoms with Crippen LogP contribution in [0, 0.1) is 0 Å². The molecule has 116 valence electrons. The van der Waals surface area contributed by atoms with Crippen LogP contribution in [-0.4, -0.2) is 43.0 Å². The Hall–Kier alpha value is -1.71. The number of hydrogen-bond acceptors (Lipinski definition) is 3. The quantitative estimate of drug-likeness (QED) is 0.799. The van der Waals surface area contributed by atoms with Gasteiger partial charge in [0.15, 0.2) is 0 Å². The minimum Gasteiger partial charge on any atom is -0.376 e. The summed E-state index contributed by atoms with van der Waals surface area (Å²) >= 11 is 0. The maximum atomic E-state index is 12.2. The highest BCUT2D eigenvalue weighted by Crippen LogP contribution is 2.26. The highest BCUT2D eigenvalue weighted by atomic mass is 16.2. The SMILES string of the molecule is CCN(CC)c1ccc(NCC(=O)N(CC)C2CC2)cc1. The summed E-state index contributed by atoms with van der Waals surface area (Å²) in [5.74, 6) is 0.202. The third kappa shape index (κ3) is 4.13. The first-order valence-corrected chi connectivity index (χ1v) is 8.07. The van der Waals surface area contributed by atoms with E-state index >= 15 is 0 Å². The van der Waals surface area contributed by atoms with Crippen molar-refractivity contribution in [1.29, 1.82) is 0 Å². The molecule has 0 saturated heterocycles. The first kappa shape index (κ1) is 15.7. The molecule has 1 fully saturated rings. The molecular formula is C17H27N3O. The summed E-state index contributed by atoms with van der Waals surface area (Å²) < 4.78 is 0. The maximum absolute atomic E-state index is 12.2. The maximum Gasteiger partial charge on any atom is 0.242 e. The van der Waals surface area contributed by atoms with Gasteiger partial charge < -0.3 is 15.1 Å². The molecule has 1 aromatic rings. The zero-order valence-electron chi connectivity index (χ0n) is 13.4. The minimum atomic E-state index is 0.202. The Kier molecular flexibility index (Phi) is 5.48. The lowest BCUT2D eigenvalue weighted by Crippen LogP contribution is -2.37. The topological polar surface area (TPSA) is 35.6 Å². The fourth-order valence-electron chi connectivity index (χ4n) is 2.68. The van der Waals surface area contributed by atoms with Gasteiger partial charge >= 0.3 is 0 Å². The van der Waals surface area contributed by atoms with Crippen molar-refractivity contribution in [2.75, 3.05) is 36.4 Å². The molecular weight excluding hydrogens is 262 g/mol. The number of nitrogens with zero attached hydrogens (tertiary/aromatic N) is 2. The molecule has 0 aliphatic heterocycles. The molecule has 1 amide bonds. The van der Waals surface area contributed by atoms with E-state index < -0.39 is 0 Å². The zero-order chi connectivity index (χ0) is 15.2. The average Bonchev–Trinajstić information content (AvgIpc) is 3.33. The van der Waals surface area contributed by atoms with Crippen LogP contribution in [0.25, 0.3) is 0 Å². The van der Waals surface area contributed by atoms with Gasteiger partial charge in [0, 0.05) is 37.1 Å². The second kappa shape index (κ2) is 7.34. The van der Waals surface area contributed by atoms with Crippen LogP contribution in [0.1, 0.15) is 33.6 Å². The monoisotopic (exact) mass is 289 g/mol. The van der Waals surface area contributed by atoms with Crippen LogP contribution in [-0.2, 0) is 4.79 Å². The van der Waals surface area contributed by atoms with Crippen molar-refractivity contribution in [3.63, 3.8) is 0 Å². The van der Waals surface area contributed by atoms with Crippen molar-refractivity contribution in [2.24, 2.45) is 0 Å². The van der Waals surface area contributed by atoms with E-state index in [0.717, 1.165) is 38.2 Å². The van der Waals surface area contributed by atoms with Gasteiger partial charge in [-0.25, -0.2) is 0 Å². The van der Waals surface area contributed by atoms with Crippen molar-refractivity contribution in [1.82, 2.24) is 4.90 Å². The third-order valence-corrected chi connectivity index (χ3v) is 4.09. The Balaban J connectivity index is 1.87. The van der Waals surface area contributed by atoms with Crippen LogP contribution < -0.4 is 10.2 Å². The lowest BCUT2D eigenvalue weighted by atomic mass is 10.2. The van der Waals surface area contributed by atoms with Gasteiger partial charge in [-0.05, 0) is 57.9 Å². The van der Waals surface area contributed by atoms with Crippen LogP contribution in [0.4, 0.5) is 11.4 Å². The first-order chi connectivity index (χ1) is 10.2. The van der Waals surface area contributed by atoms with E-state index in [-0.39, 0.29) is 5.91 Å². The number of anilines is 2. The Morgan fingerprint density at radius 3 is 2.19 bits per heavy atom. The molecule has 4 heteroatoms. The van der Waals surface area contributed by atoms with Crippen molar-refractivity contribution in [3.8, 4) is 0 Å². The van der Waals surface area contributed by atoms with Gasteiger partial charge in [-0.1, -0.05) is 0 Å². The molecule has 2 rings (SSSR count). The largest absolute Gasteiger partial charge is 0.376 e. The second-order valence-electron chi connectivity index (χ2n) is 5.48. The highest BCUT2D eigenvalue weighted by Gasteiger charge is 2.30. The number of carbonyl (C=O) groups excluding carboxylic acids is 1. The number of likely N-dealkylation sites (N-methyl/N-ethyl adjacent to an activating group) is 1. The number of rotatable bonds is 8. The van der Waals surface area contributed by atoms with Crippen LogP contribution in [0.2, 0.25) is 0 Å². The summed E-state index contributed by atoms with van der Waals surface area (Å²) in [5, 5.41) is 3.23. The molecule has 0 heterocycles. The number of benzene rings is 1. The molecule has 0 radical (unpaired) electrons. The average molecular weight is 289 g/mol. The number of hydrogen-bond donors (Lipinski definition) is 1. The highest BCUT2D eigenvalue weighted by molar-refractivity contribution is 5.81. The minimum absolute atomic E-state index is 0.202. The summed E-state index contributed by atoms with van der Waals surface area (Å²) in [6.07, 6.45) is 2.33. The Morgan fingerprint density at radius 2 is 1.71 bits per heavy atom. The van der Waals surface area contributed by atoms with Gasteiger partial charge in [-0.3, -0.25) is 4.79 Å². The predicted octanol–water partition coefficient (Wildman–Crippen LogP) is 2.96. The smallest absolute Gasteiger partial charge is 0.242 e. The van der Waals surface area contributed by atoms with Crippen LogP contribution in [0.5, 0.6) is 0 Å². The number of amides is 1. The zero-order valence-corrected chi connectivity index (χ0v) is 13.4. The molecule has 1 saturated carbocycles. The predicted molar refractivity (Wildman–Crippen MR) is 88.9 cm³/mol. The van der Waals surface area contributed by atoms with Crippen molar-refractivity contribution in [2.45, 2.75) is 39.7 Å². The van der Waals surface area contributed by atoms with Gasteiger partial charge in [0.2, 0.25) is 5.91 Å². The van der Waals surface area contributed by atoms with Gasteiger partial charge in [0.1, 0.15) is 0 Å². The normalized spacial score (nSPS) is 13.9. The summed E-state index contributed by atoms with van der Waals surface area (Å²) in [6.45, 7) is 9.58. The summed E-state index contributed by atoms with van der Waals surface area (Å²) in [5.41, 5.74) is 2.23. The fraction of sp³-hybridized carbons (Fsp3) is 0.588. The fourth-order valence-corrected chi connectivity index (χ4v) is 2.68. The second-order valence-corrected chi connectivity index (χ2v) is 5.48. The molecule has 21 heavy (non-hydrogen) atoms. The van der Waals surface area contributed by atoms with Crippen molar-refractivity contribution < 1.29 is 4.79 Å². The van der Waals surface area contributed by atoms with Crippen LogP contribution in [0.15, 0.2) is 24.3 Å². The van der Waals surface area contributed by atoms with E-state index in [9.17, 15) is 4.79 Å². The molecule has 0 spiro atoms. The van der Waals surface area contributed by atoms with E-state index in [2.05, 4.69) is 43.1 Å². The lowest BCUT2D eigenvalue weighted by molar-refractivity contribution is -0.129. The molecule has 1 aliphatic carbocycles. The molecule has 1 N–H and O–H groups in total. The molecule has 0 bridgehead atoms. The van der Waals surface area contributed by atoms with Crippen molar-refractivity contribution in [3.05, 3.63) is 24.3 Å². The van der Waals surface area contributed by atoms with Crippen LogP contribution >= 0.6 is 0 Å². The Bertz CT molecular complexity index is 450. The van der Waals surface area contributed by atoms with Gasteiger partial charge in [0.25, 0.3) is 0 Å². The number of nitrogens with one attached hydrogen (secondary N) is 1. The molecule has 0 atom stereocenters. The van der Waals surface area contributed by atoms with Gasteiger partial charge in [-0.2, -0.15) is 0 Å². The molecule has 4 nitrogen and oxygen atoms in total. The standard InChI is InChI=1S/C17H27N3O/c1-4-19(5-2)15-9-7-14(8-10-15)18-13-17(21)20(6-3)16-11-12-16/h7-10,16,18H,4-6,11-13H2,1-3H3. The number of carbonyl (C=O) groups is 1. The van der Waals surface area contributed by atoms with Crippen molar-refractivity contribution >= 4 is 17.3 Å². The van der Waals surface area contributed by atoms with E-state index in [4.69, 9.17) is 0 Å². The summed E-state index contributed by atoms with van der Waals surface area (Å²) in [4.78, 5) is 16.4. The lowest BCUT2D eigenvalue weighted by Gasteiger charge is -2.22. The summed E-state index contributed by atoms with van der Waals surface area (Å²) in [6, 6.07) is 8.81. The summed E-state index contributed by atoms with van der Waals surface area (Å²) in [7, 11) is 0.